The van der Waals surface area contributed by atoms with Crippen molar-refractivity contribution in [3.63, 3.8) is 0 Å². The molecule has 1 atom stereocenters. The molecule has 0 radical (unpaired) electrons. The molecule has 166 valence electrons. The second-order valence-corrected chi connectivity index (χ2v) is 8.23. The predicted octanol–water partition coefficient (Wildman–Crippen LogP) is 4.42. The van der Waals surface area contributed by atoms with Crippen LogP contribution in [0, 0.1) is 19.7 Å². The van der Waals surface area contributed by atoms with Gasteiger partial charge in [0.2, 0.25) is 0 Å². The monoisotopic (exact) mass is 442 g/mol. The fourth-order valence-corrected chi connectivity index (χ4v) is 4.22. The van der Waals surface area contributed by atoms with Crippen LogP contribution in [-0.4, -0.2) is 33.3 Å². The molecule has 1 N–H and O–H groups in total. The third kappa shape index (κ3) is 4.22. The number of hydrogen-bond acceptors (Lipinski definition) is 4. The third-order valence-corrected chi connectivity index (χ3v) is 5.69. The summed E-state index contributed by atoms with van der Waals surface area (Å²) in [6.07, 6.45) is 3.60. The second kappa shape index (κ2) is 8.50. The first kappa shape index (κ1) is 20.9. The van der Waals surface area contributed by atoms with Gasteiger partial charge < -0.3 is 10.1 Å². The van der Waals surface area contributed by atoms with Crippen LogP contribution in [0.25, 0.3) is 16.8 Å². The van der Waals surface area contributed by atoms with Crippen LogP contribution >= 0.6 is 0 Å². The van der Waals surface area contributed by atoms with Crippen LogP contribution in [0.15, 0.2) is 67.0 Å². The Bertz CT molecular complexity index is 1330. The van der Waals surface area contributed by atoms with Gasteiger partial charge in [0.1, 0.15) is 17.7 Å². The fourth-order valence-electron chi connectivity index (χ4n) is 4.22. The number of hydrogen-bond donors (Lipinski definition) is 1. The maximum absolute atomic E-state index is 14.2. The van der Waals surface area contributed by atoms with E-state index in [1.54, 1.807) is 24.5 Å². The Balaban J connectivity index is 1.29. The van der Waals surface area contributed by atoms with Gasteiger partial charge >= 0.3 is 0 Å². The van der Waals surface area contributed by atoms with Crippen molar-refractivity contribution in [1.82, 2.24) is 20.1 Å². The minimum Gasteiger partial charge on any atom is -0.487 e. The maximum Gasteiger partial charge on any atom is 0.251 e. The van der Waals surface area contributed by atoms with E-state index >= 15 is 0 Å². The number of aryl methyl sites for hydroxylation is 2. The first-order valence-electron chi connectivity index (χ1n) is 10.8. The van der Waals surface area contributed by atoms with Crippen molar-refractivity contribution in [2.45, 2.75) is 26.4 Å². The van der Waals surface area contributed by atoms with E-state index in [1.807, 2.05) is 48.9 Å². The molecule has 0 aliphatic carbocycles. The van der Waals surface area contributed by atoms with Gasteiger partial charge in [0, 0.05) is 46.8 Å². The smallest absolute Gasteiger partial charge is 0.251 e. The van der Waals surface area contributed by atoms with E-state index in [0.717, 1.165) is 28.2 Å². The van der Waals surface area contributed by atoms with Crippen LogP contribution in [0.5, 0.6) is 5.75 Å². The van der Waals surface area contributed by atoms with Gasteiger partial charge in [-0.3, -0.25) is 9.78 Å². The summed E-state index contributed by atoms with van der Waals surface area (Å²) in [4.78, 5) is 16.9. The number of nitrogens with one attached hydrogen (secondary N) is 1. The summed E-state index contributed by atoms with van der Waals surface area (Å²) in [6.45, 7) is 4.22. The molecule has 33 heavy (non-hydrogen) atoms. The van der Waals surface area contributed by atoms with Gasteiger partial charge in [-0.25, -0.2) is 9.07 Å². The summed E-state index contributed by atoms with van der Waals surface area (Å²) in [6, 6.07) is 16.0. The topological polar surface area (TPSA) is 69.0 Å². The van der Waals surface area contributed by atoms with Gasteiger partial charge in [-0.1, -0.05) is 12.1 Å². The molecule has 6 nitrogen and oxygen atoms in total. The Kier molecular flexibility index (Phi) is 5.38. The minimum atomic E-state index is -0.318. The van der Waals surface area contributed by atoms with E-state index in [1.165, 1.54) is 12.1 Å². The molecule has 0 spiro atoms. The maximum atomic E-state index is 14.2. The molecule has 4 aromatic rings. The number of fused-ring (bicyclic) bond motifs is 1. The molecule has 1 amide bonds. The van der Waals surface area contributed by atoms with Gasteiger partial charge in [-0.05, 0) is 56.3 Å². The molecule has 0 saturated heterocycles. The Hall–Kier alpha value is -4.00. The number of nitrogens with zero attached hydrogens (tertiary/aromatic N) is 3. The lowest BCUT2D eigenvalue weighted by atomic mass is 10.0. The van der Waals surface area contributed by atoms with Crippen molar-refractivity contribution in [3.05, 3.63) is 95.3 Å². The molecule has 7 heteroatoms. The normalized spacial score (nSPS) is 14.6. The Morgan fingerprint density at radius 2 is 2.06 bits per heavy atom. The summed E-state index contributed by atoms with van der Waals surface area (Å²) in [5, 5.41) is 7.43. The number of aromatic nitrogens is 3. The lowest BCUT2D eigenvalue weighted by Crippen LogP contribution is -2.34. The number of rotatable bonds is 5. The number of amides is 1. The van der Waals surface area contributed by atoms with E-state index < -0.39 is 0 Å². The minimum absolute atomic E-state index is 0.198. The summed E-state index contributed by atoms with van der Waals surface area (Å²) in [5.74, 6) is 0.133. The van der Waals surface area contributed by atoms with E-state index in [4.69, 9.17) is 4.74 Å². The number of carbonyl (C=O) groups excluding carboxylic acids is 1. The largest absolute Gasteiger partial charge is 0.487 e. The number of halogens is 1. The summed E-state index contributed by atoms with van der Waals surface area (Å²) >= 11 is 0. The van der Waals surface area contributed by atoms with Crippen LogP contribution in [-0.2, 0) is 6.42 Å². The van der Waals surface area contributed by atoms with Gasteiger partial charge in [-0.2, -0.15) is 5.10 Å². The standard InChI is InChI=1S/C26H23FN4O2/c1-16-9-17(2)31(30-16)22-7-3-5-18(11-22)26(32)29-15-23-12-20-10-21(27)13-24(25(20)33-23)19-6-4-8-28-14-19/h3-11,13-14,23H,12,15H2,1-2H3,(H,29,32)/t23-/m1/s1. The summed E-state index contributed by atoms with van der Waals surface area (Å²) < 4.78 is 22.2. The van der Waals surface area contributed by atoms with Gasteiger partial charge in [-0.15, -0.1) is 0 Å². The number of carbonyl (C=O) groups is 1. The quantitative estimate of drug-likeness (QED) is 0.497. The lowest BCUT2D eigenvalue weighted by molar-refractivity contribution is 0.0933. The average molecular weight is 442 g/mol. The van der Waals surface area contributed by atoms with Crippen LogP contribution in [0.3, 0.4) is 0 Å². The van der Waals surface area contributed by atoms with Crippen molar-refractivity contribution < 1.29 is 13.9 Å². The van der Waals surface area contributed by atoms with E-state index in [-0.39, 0.29) is 17.8 Å². The van der Waals surface area contributed by atoms with Crippen molar-refractivity contribution in [2.24, 2.45) is 0 Å². The van der Waals surface area contributed by atoms with Gasteiger partial charge in [0.25, 0.3) is 5.91 Å². The third-order valence-electron chi connectivity index (χ3n) is 5.69. The summed E-state index contributed by atoms with van der Waals surface area (Å²) in [7, 11) is 0. The highest BCUT2D eigenvalue weighted by Crippen LogP contribution is 2.39. The zero-order valence-corrected chi connectivity index (χ0v) is 18.4. The van der Waals surface area contributed by atoms with Crippen molar-refractivity contribution in [1.29, 1.82) is 0 Å². The van der Waals surface area contributed by atoms with Crippen molar-refractivity contribution in [3.8, 4) is 22.6 Å². The molecule has 0 bridgehead atoms. The molecule has 5 rings (SSSR count). The molecule has 0 fully saturated rings. The number of pyridine rings is 1. The Morgan fingerprint density at radius 1 is 1.18 bits per heavy atom. The van der Waals surface area contributed by atoms with E-state index in [0.29, 0.717) is 29.8 Å². The van der Waals surface area contributed by atoms with Crippen LogP contribution in [0.1, 0.15) is 27.3 Å². The number of benzene rings is 2. The molecular formula is C26H23FN4O2. The summed E-state index contributed by atoms with van der Waals surface area (Å²) in [5.41, 5.74) is 5.54. The average Bonchev–Trinajstić information content (AvgIpc) is 3.39. The lowest BCUT2D eigenvalue weighted by Gasteiger charge is -2.14. The van der Waals surface area contributed by atoms with Crippen molar-refractivity contribution >= 4 is 5.91 Å². The molecule has 3 heterocycles. The molecule has 2 aromatic heterocycles. The number of ether oxygens (including phenoxy) is 1. The molecule has 1 aliphatic rings. The second-order valence-electron chi connectivity index (χ2n) is 8.23. The first-order valence-corrected chi connectivity index (χ1v) is 10.8. The van der Waals surface area contributed by atoms with E-state index in [9.17, 15) is 9.18 Å². The zero-order chi connectivity index (χ0) is 22.9. The van der Waals surface area contributed by atoms with Crippen LogP contribution in [0.4, 0.5) is 4.39 Å². The SMILES string of the molecule is Cc1cc(C)n(-c2cccc(C(=O)NC[C@H]3Cc4cc(F)cc(-c5cccnc5)c4O3)c2)n1. The highest BCUT2D eigenvalue weighted by atomic mass is 19.1. The zero-order valence-electron chi connectivity index (χ0n) is 18.4. The molecule has 0 unspecified atom stereocenters. The molecule has 2 aromatic carbocycles. The van der Waals surface area contributed by atoms with Crippen LogP contribution < -0.4 is 10.1 Å². The van der Waals surface area contributed by atoms with Gasteiger partial charge in [0.05, 0.1) is 17.9 Å². The first-order chi connectivity index (χ1) is 16.0. The Morgan fingerprint density at radius 3 is 2.82 bits per heavy atom. The van der Waals surface area contributed by atoms with Crippen molar-refractivity contribution in [2.75, 3.05) is 6.54 Å². The van der Waals surface area contributed by atoms with E-state index in [2.05, 4.69) is 15.4 Å². The predicted molar refractivity (Wildman–Crippen MR) is 123 cm³/mol. The molecule has 1 aliphatic heterocycles. The molecule has 0 saturated carbocycles. The van der Waals surface area contributed by atoms with Crippen LogP contribution in [0.2, 0.25) is 0 Å². The highest BCUT2D eigenvalue weighted by Gasteiger charge is 2.27. The molecular weight excluding hydrogens is 419 g/mol. The highest BCUT2D eigenvalue weighted by molar-refractivity contribution is 5.94. The fraction of sp³-hybridized carbons (Fsp3) is 0.192. The van der Waals surface area contributed by atoms with Gasteiger partial charge in [0.15, 0.2) is 0 Å². The Labute approximate surface area is 191 Å².